The average molecular weight is 228 g/mol. The van der Waals surface area contributed by atoms with Crippen molar-refractivity contribution in [1.82, 2.24) is 10.2 Å². The van der Waals surface area contributed by atoms with E-state index in [1.165, 1.54) is 44.0 Å². The van der Waals surface area contributed by atoms with E-state index in [1.54, 1.807) is 0 Å². The SMILES string of the molecule is CC(C)C1CNCCN1C1CCSCC1. The van der Waals surface area contributed by atoms with Crippen LogP contribution in [-0.4, -0.2) is 48.1 Å². The second-order valence-corrected chi connectivity index (χ2v) is 6.32. The van der Waals surface area contributed by atoms with Gasteiger partial charge in [-0.25, -0.2) is 0 Å². The molecule has 0 radical (unpaired) electrons. The number of piperazine rings is 1. The Morgan fingerprint density at radius 3 is 2.67 bits per heavy atom. The van der Waals surface area contributed by atoms with Crippen molar-refractivity contribution < 1.29 is 0 Å². The van der Waals surface area contributed by atoms with E-state index in [4.69, 9.17) is 0 Å². The number of hydrogen-bond donors (Lipinski definition) is 1. The summed E-state index contributed by atoms with van der Waals surface area (Å²) in [5, 5.41) is 3.54. The predicted molar refractivity (Wildman–Crippen MR) is 68.5 cm³/mol. The molecule has 0 bridgehead atoms. The lowest BCUT2D eigenvalue weighted by Gasteiger charge is -2.44. The van der Waals surface area contributed by atoms with Gasteiger partial charge in [0.15, 0.2) is 0 Å². The van der Waals surface area contributed by atoms with Crippen LogP contribution in [0.25, 0.3) is 0 Å². The van der Waals surface area contributed by atoms with Crippen LogP contribution in [0.3, 0.4) is 0 Å². The summed E-state index contributed by atoms with van der Waals surface area (Å²) in [5.41, 5.74) is 0. The lowest BCUT2D eigenvalue weighted by Crippen LogP contribution is -2.57. The standard InChI is InChI=1S/C12H24N2S/c1-10(2)12-9-13-5-6-14(12)11-3-7-15-8-4-11/h10-13H,3-9H2,1-2H3. The number of nitrogens with zero attached hydrogens (tertiary/aromatic N) is 1. The number of thioether (sulfide) groups is 1. The maximum absolute atomic E-state index is 3.54. The van der Waals surface area contributed by atoms with Crippen molar-refractivity contribution in [2.45, 2.75) is 38.8 Å². The Morgan fingerprint density at radius 2 is 2.00 bits per heavy atom. The molecule has 2 saturated heterocycles. The van der Waals surface area contributed by atoms with Gasteiger partial charge in [-0.3, -0.25) is 4.90 Å². The molecule has 15 heavy (non-hydrogen) atoms. The van der Waals surface area contributed by atoms with Gasteiger partial charge in [0.05, 0.1) is 0 Å². The molecular weight excluding hydrogens is 204 g/mol. The molecule has 0 aliphatic carbocycles. The monoisotopic (exact) mass is 228 g/mol. The highest BCUT2D eigenvalue weighted by Crippen LogP contribution is 2.26. The summed E-state index contributed by atoms with van der Waals surface area (Å²) in [7, 11) is 0. The maximum atomic E-state index is 3.54. The Kier molecular flexibility index (Phi) is 4.35. The van der Waals surface area contributed by atoms with E-state index in [9.17, 15) is 0 Å². The van der Waals surface area contributed by atoms with Crippen LogP contribution < -0.4 is 5.32 Å². The summed E-state index contributed by atoms with van der Waals surface area (Å²) >= 11 is 2.13. The van der Waals surface area contributed by atoms with Crippen LogP contribution in [0, 0.1) is 5.92 Å². The lowest BCUT2D eigenvalue weighted by molar-refractivity contribution is 0.0723. The highest BCUT2D eigenvalue weighted by Gasteiger charge is 2.31. The largest absolute Gasteiger partial charge is 0.314 e. The molecule has 0 amide bonds. The van der Waals surface area contributed by atoms with Crippen LogP contribution in [0.2, 0.25) is 0 Å². The zero-order valence-corrected chi connectivity index (χ0v) is 10.9. The van der Waals surface area contributed by atoms with Crippen molar-refractivity contribution in [1.29, 1.82) is 0 Å². The second-order valence-electron chi connectivity index (χ2n) is 5.10. The molecule has 1 N–H and O–H groups in total. The fraction of sp³-hybridized carbons (Fsp3) is 1.00. The summed E-state index contributed by atoms with van der Waals surface area (Å²) in [4.78, 5) is 2.79. The van der Waals surface area contributed by atoms with Gasteiger partial charge in [-0.2, -0.15) is 11.8 Å². The first-order chi connectivity index (χ1) is 7.29. The summed E-state index contributed by atoms with van der Waals surface area (Å²) < 4.78 is 0. The summed E-state index contributed by atoms with van der Waals surface area (Å²) in [6.45, 7) is 8.37. The molecule has 3 heteroatoms. The molecule has 1 unspecified atom stereocenters. The molecule has 2 fully saturated rings. The Hall–Kier alpha value is 0.270. The van der Waals surface area contributed by atoms with Gasteiger partial charge in [-0.1, -0.05) is 13.8 Å². The lowest BCUT2D eigenvalue weighted by atomic mass is 9.96. The Labute approximate surface area is 98.2 Å². The number of nitrogens with one attached hydrogen (secondary N) is 1. The average Bonchev–Trinajstić information content (AvgIpc) is 2.30. The minimum atomic E-state index is 0.770. The van der Waals surface area contributed by atoms with Crippen LogP contribution in [0.15, 0.2) is 0 Å². The molecule has 0 aromatic rings. The number of hydrogen-bond acceptors (Lipinski definition) is 3. The fourth-order valence-electron chi connectivity index (χ4n) is 2.83. The van der Waals surface area contributed by atoms with Crippen LogP contribution in [-0.2, 0) is 0 Å². The van der Waals surface area contributed by atoms with E-state index in [2.05, 4.69) is 35.8 Å². The highest BCUT2D eigenvalue weighted by molar-refractivity contribution is 7.99. The third-order valence-electron chi connectivity index (χ3n) is 3.76. The van der Waals surface area contributed by atoms with Crippen molar-refractivity contribution in [3.8, 4) is 0 Å². The predicted octanol–water partition coefficient (Wildman–Crippen LogP) is 1.81. The molecule has 2 aliphatic rings. The normalized spacial score (nSPS) is 31.0. The summed E-state index contributed by atoms with van der Waals surface area (Å²) in [5.74, 6) is 3.53. The van der Waals surface area contributed by atoms with E-state index in [0.717, 1.165) is 18.0 Å². The minimum absolute atomic E-state index is 0.770. The topological polar surface area (TPSA) is 15.3 Å². The van der Waals surface area contributed by atoms with E-state index >= 15 is 0 Å². The molecule has 0 aromatic heterocycles. The first-order valence-corrected chi connectivity index (χ1v) is 7.48. The van der Waals surface area contributed by atoms with Crippen LogP contribution in [0.5, 0.6) is 0 Å². The van der Waals surface area contributed by atoms with Gasteiger partial charge in [0.2, 0.25) is 0 Å². The highest BCUT2D eigenvalue weighted by atomic mass is 32.2. The molecule has 0 spiro atoms. The van der Waals surface area contributed by atoms with Crippen LogP contribution in [0.1, 0.15) is 26.7 Å². The molecule has 88 valence electrons. The summed E-state index contributed by atoms with van der Waals surface area (Å²) in [6, 6.07) is 1.65. The van der Waals surface area contributed by atoms with E-state index in [1.807, 2.05) is 0 Å². The van der Waals surface area contributed by atoms with E-state index in [-0.39, 0.29) is 0 Å². The summed E-state index contributed by atoms with van der Waals surface area (Å²) in [6.07, 6.45) is 2.82. The quantitative estimate of drug-likeness (QED) is 0.776. The molecule has 2 aliphatic heterocycles. The van der Waals surface area contributed by atoms with Gasteiger partial charge < -0.3 is 5.32 Å². The van der Waals surface area contributed by atoms with Crippen molar-refractivity contribution >= 4 is 11.8 Å². The van der Waals surface area contributed by atoms with Gasteiger partial charge in [0.25, 0.3) is 0 Å². The smallest absolute Gasteiger partial charge is 0.0247 e. The number of rotatable bonds is 2. The molecule has 2 heterocycles. The Morgan fingerprint density at radius 1 is 1.27 bits per heavy atom. The maximum Gasteiger partial charge on any atom is 0.0247 e. The van der Waals surface area contributed by atoms with Gasteiger partial charge >= 0.3 is 0 Å². The van der Waals surface area contributed by atoms with Crippen molar-refractivity contribution in [3.63, 3.8) is 0 Å². The zero-order valence-electron chi connectivity index (χ0n) is 10.0. The van der Waals surface area contributed by atoms with Crippen LogP contribution in [0.4, 0.5) is 0 Å². The molecule has 0 aromatic carbocycles. The van der Waals surface area contributed by atoms with E-state index in [0.29, 0.717) is 0 Å². The van der Waals surface area contributed by atoms with Gasteiger partial charge in [-0.15, -0.1) is 0 Å². The third kappa shape index (κ3) is 2.89. The van der Waals surface area contributed by atoms with Crippen LogP contribution >= 0.6 is 11.8 Å². The third-order valence-corrected chi connectivity index (χ3v) is 4.80. The first-order valence-electron chi connectivity index (χ1n) is 6.33. The molecule has 0 saturated carbocycles. The minimum Gasteiger partial charge on any atom is -0.314 e. The molecule has 2 rings (SSSR count). The molecule has 2 nitrogen and oxygen atoms in total. The second kappa shape index (κ2) is 5.55. The van der Waals surface area contributed by atoms with Crippen molar-refractivity contribution in [2.24, 2.45) is 5.92 Å². The molecular formula is C12H24N2S. The van der Waals surface area contributed by atoms with Gasteiger partial charge in [0, 0.05) is 31.7 Å². The van der Waals surface area contributed by atoms with Gasteiger partial charge in [0.1, 0.15) is 0 Å². The first kappa shape index (κ1) is 11.7. The van der Waals surface area contributed by atoms with Gasteiger partial charge in [-0.05, 0) is 30.3 Å². The Balaban J connectivity index is 1.96. The van der Waals surface area contributed by atoms with Crippen molar-refractivity contribution in [2.75, 3.05) is 31.1 Å². The van der Waals surface area contributed by atoms with E-state index < -0.39 is 0 Å². The Bertz CT molecular complexity index is 190. The van der Waals surface area contributed by atoms with Crippen molar-refractivity contribution in [3.05, 3.63) is 0 Å². The zero-order chi connectivity index (χ0) is 10.7. The molecule has 1 atom stereocenters. The fourth-order valence-corrected chi connectivity index (χ4v) is 3.91.